The summed E-state index contributed by atoms with van der Waals surface area (Å²) >= 11 is 0. The van der Waals surface area contributed by atoms with Crippen LogP contribution in [-0.4, -0.2) is 55.5 Å². The van der Waals surface area contributed by atoms with Crippen molar-refractivity contribution in [2.75, 3.05) is 19.8 Å². The maximum absolute atomic E-state index is 12.4. The summed E-state index contributed by atoms with van der Waals surface area (Å²) in [6.45, 7) is 9.43. The number of carbonyl (C=O) groups is 5. The quantitative estimate of drug-likeness (QED) is 0.236. The van der Waals surface area contributed by atoms with E-state index in [2.05, 4.69) is 10.1 Å². The fraction of sp³-hybridized carbons (Fsp3) is 0.632. The highest BCUT2D eigenvalue weighted by Crippen LogP contribution is 2.18. The van der Waals surface area contributed by atoms with Crippen molar-refractivity contribution in [2.24, 2.45) is 11.3 Å². The molecule has 0 saturated heterocycles. The van der Waals surface area contributed by atoms with Gasteiger partial charge in [0.25, 0.3) is 5.91 Å². The molecule has 0 unspecified atom stereocenters. The lowest BCUT2D eigenvalue weighted by Gasteiger charge is -2.24. The van der Waals surface area contributed by atoms with Gasteiger partial charge in [0.05, 0.1) is 18.6 Å². The molecule has 28 heavy (non-hydrogen) atoms. The van der Waals surface area contributed by atoms with Crippen LogP contribution in [0.1, 0.15) is 41.5 Å². The summed E-state index contributed by atoms with van der Waals surface area (Å²) in [5.74, 6) is -4.31. The number of amides is 1. The van der Waals surface area contributed by atoms with Crippen LogP contribution in [0.5, 0.6) is 0 Å². The van der Waals surface area contributed by atoms with Gasteiger partial charge in [0, 0.05) is 12.2 Å². The van der Waals surface area contributed by atoms with Gasteiger partial charge >= 0.3 is 17.9 Å². The van der Waals surface area contributed by atoms with Gasteiger partial charge in [0.15, 0.2) is 0 Å². The third-order valence-electron chi connectivity index (χ3n) is 3.53. The lowest BCUT2D eigenvalue weighted by Crippen LogP contribution is -2.51. The van der Waals surface area contributed by atoms with Crippen LogP contribution in [0, 0.1) is 11.3 Å². The van der Waals surface area contributed by atoms with Gasteiger partial charge in [-0.1, -0.05) is 13.8 Å². The maximum atomic E-state index is 12.4. The van der Waals surface area contributed by atoms with Crippen LogP contribution in [0.15, 0.2) is 12.2 Å². The first-order valence-corrected chi connectivity index (χ1v) is 8.99. The van der Waals surface area contributed by atoms with Crippen molar-refractivity contribution in [3.05, 3.63) is 12.2 Å². The van der Waals surface area contributed by atoms with Crippen molar-refractivity contribution >= 4 is 29.6 Å². The number of carbonyl (C=O) groups excluding carboxylic acids is 5. The van der Waals surface area contributed by atoms with Crippen LogP contribution in [0.25, 0.3) is 0 Å². The Morgan fingerprint density at radius 3 is 1.86 bits per heavy atom. The number of nitrogens with one attached hydrogen (secondary N) is 1. The largest absolute Gasteiger partial charge is 0.464 e. The lowest BCUT2D eigenvalue weighted by atomic mass is 9.88. The van der Waals surface area contributed by atoms with Crippen LogP contribution in [0.2, 0.25) is 0 Å². The number of hydrogen-bond acceptors (Lipinski definition) is 8. The molecule has 0 bridgehead atoms. The molecule has 0 saturated carbocycles. The van der Waals surface area contributed by atoms with Gasteiger partial charge < -0.3 is 19.5 Å². The van der Waals surface area contributed by atoms with E-state index < -0.39 is 47.7 Å². The van der Waals surface area contributed by atoms with E-state index in [1.807, 2.05) is 0 Å². The molecule has 1 N–H and O–H groups in total. The third-order valence-corrected chi connectivity index (χ3v) is 3.53. The highest BCUT2D eigenvalue weighted by atomic mass is 16.5. The molecule has 158 valence electrons. The van der Waals surface area contributed by atoms with Crippen molar-refractivity contribution in [2.45, 2.75) is 47.6 Å². The minimum Gasteiger partial charge on any atom is -0.464 e. The number of rotatable bonds is 11. The zero-order chi connectivity index (χ0) is 21.9. The summed E-state index contributed by atoms with van der Waals surface area (Å²) in [6, 6.07) is -0.970. The Labute approximate surface area is 164 Å². The number of esters is 3. The molecule has 0 aliphatic heterocycles. The highest BCUT2D eigenvalue weighted by molar-refractivity contribution is 6.38. The summed E-state index contributed by atoms with van der Waals surface area (Å²) in [7, 11) is 0. The molecule has 9 heteroatoms. The average Bonchev–Trinajstić information content (AvgIpc) is 2.62. The molecule has 1 atom stereocenters. The smallest absolute Gasteiger partial charge is 0.331 e. The zero-order valence-corrected chi connectivity index (χ0v) is 17.2. The predicted molar refractivity (Wildman–Crippen MR) is 98.9 cm³/mol. The molecule has 0 aliphatic rings. The predicted octanol–water partition coefficient (Wildman–Crippen LogP) is 0.948. The summed E-state index contributed by atoms with van der Waals surface area (Å²) in [5.41, 5.74) is -1.34. The molecule has 0 aliphatic carbocycles. The Morgan fingerprint density at radius 2 is 1.39 bits per heavy atom. The molecule has 0 spiro atoms. The molecular weight excluding hydrogens is 370 g/mol. The van der Waals surface area contributed by atoms with E-state index in [-0.39, 0.29) is 19.1 Å². The maximum Gasteiger partial charge on any atom is 0.331 e. The van der Waals surface area contributed by atoms with Crippen molar-refractivity contribution in [3.8, 4) is 0 Å². The second-order valence-electron chi connectivity index (χ2n) is 6.85. The van der Waals surface area contributed by atoms with Gasteiger partial charge in [-0.25, -0.2) is 14.4 Å². The molecule has 0 rings (SSSR count). The van der Waals surface area contributed by atoms with Gasteiger partial charge in [0.1, 0.15) is 12.6 Å². The summed E-state index contributed by atoms with van der Waals surface area (Å²) in [5, 5.41) is 2.37. The minimum atomic E-state index is -1.34. The van der Waals surface area contributed by atoms with Crippen LogP contribution in [0.3, 0.4) is 0 Å². The second kappa shape index (κ2) is 11.9. The first-order chi connectivity index (χ1) is 13.0. The second-order valence-corrected chi connectivity index (χ2v) is 6.85. The van der Waals surface area contributed by atoms with E-state index >= 15 is 0 Å². The van der Waals surface area contributed by atoms with E-state index in [1.54, 1.807) is 27.7 Å². The Kier molecular flexibility index (Phi) is 10.7. The first kappa shape index (κ1) is 25.3. The molecule has 0 heterocycles. The number of ketones is 1. The molecule has 0 fully saturated rings. The minimum absolute atomic E-state index is 0.145. The van der Waals surface area contributed by atoms with Crippen molar-refractivity contribution in [1.82, 2.24) is 5.32 Å². The Bertz CT molecular complexity index is 621. The standard InChI is InChI=1S/C19H29NO8/c1-7-26-13(21)9-10-14(22)28-11-19(5,6)16(23)17(24)20-15(12(3)4)18(25)27-8-2/h9-10,12,15H,7-8,11H2,1-6H3,(H,20,24)/b10-9+/t15-/m0/s1. The fourth-order valence-electron chi connectivity index (χ4n) is 1.94. The summed E-state index contributed by atoms with van der Waals surface area (Å²) in [4.78, 5) is 59.4. The van der Waals surface area contributed by atoms with Crippen LogP contribution in [0.4, 0.5) is 0 Å². The van der Waals surface area contributed by atoms with E-state index in [1.165, 1.54) is 13.8 Å². The Balaban J connectivity index is 4.86. The number of ether oxygens (including phenoxy) is 3. The third kappa shape index (κ3) is 8.79. The molecular formula is C19H29NO8. The fourth-order valence-corrected chi connectivity index (χ4v) is 1.94. The van der Waals surface area contributed by atoms with E-state index in [4.69, 9.17) is 9.47 Å². The summed E-state index contributed by atoms with van der Waals surface area (Å²) < 4.78 is 14.4. The molecule has 0 aromatic heterocycles. The van der Waals surface area contributed by atoms with Gasteiger partial charge in [-0.3, -0.25) is 9.59 Å². The molecule has 0 radical (unpaired) electrons. The summed E-state index contributed by atoms with van der Waals surface area (Å²) in [6.07, 6.45) is 1.77. The van der Waals surface area contributed by atoms with Crippen LogP contribution in [-0.2, 0) is 38.2 Å². The Morgan fingerprint density at radius 1 is 0.893 bits per heavy atom. The number of Topliss-reactive ketones (excluding diaryl/α,β-unsaturated/α-hetero) is 1. The van der Waals surface area contributed by atoms with Crippen molar-refractivity contribution in [1.29, 1.82) is 0 Å². The van der Waals surface area contributed by atoms with Gasteiger partial charge in [-0.2, -0.15) is 0 Å². The first-order valence-electron chi connectivity index (χ1n) is 8.99. The number of hydrogen-bond donors (Lipinski definition) is 1. The van der Waals surface area contributed by atoms with Crippen molar-refractivity contribution in [3.63, 3.8) is 0 Å². The van der Waals surface area contributed by atoms with E-state index in [0.29, 0.717) is 0 Å². The Hall–Kier alpha value is -2.71. The van der Waals surface area contributed by atoms with E-state index in [0.717, 1.165) is 12.2 Å². The van der Waals surface area contributed by atoms with Gasteiger partial charge in [-0.15, -0.1) is 0 Å². The molecule has 0 aromatic rings. The molecule has 1 amide bonds. The average molecular weight is 399 g/mol. The molecule has 0 aromatic carbocycles. The highest BCUT2D eigenvalue weighted by Gasteiger charge is 2.37. The zero-order valence-electron chi connectivity index (χ0n) is 17.2. The van der Waals surface area contributed by atoms with Crippen molar-refractivity contribution < 1.29 is 38.2 Å². The molecule has 9 nitrogen and oxygen atoms in total. The normalized spacial score (nSPS) is 12.4. The van der Waals surface area contributed by atoms with Gasteiger partial charge in [-0.05, 0) is 33.6 Å². The lowest BCUT2D eigenvalue weighted by molar-refractivity contribution is -0.152. The SMILES string of the molecule is CCOC(=O)/C=C/C(=O)OCC(C)(C)C(=O)C(=O)N[C@H](C(=O)OCC)C(C)C. The van der Waals surface area contributed by atoms with Gasteiger partial charge in [0.2, 0.25) is 5.78 Å². The van der Waals surface area contributed by atoms with Crippen LogP contribution >= 0.6 is 0 Å². The van der Waals surface area contributed by atoms with E-state index in [9.17, 15) is 24.0 Å². The van der Waals surface area contributed by atoms with Crippen LogP contribution < -0.4 is 5.32 Å². The topological polar surface area (TPSA) is 125 Å². The monoisotopic (exact) mass is 399 g/mol.